The fourth-order valence-electron chi connectivity index (χ4n) is 3.30. The molecule has 0 spiro atoms. The van der Waals surface area contributed by atoms with Crippen LogP contribution >= 0.6 is 11.6 Å². The van der Waals surface area contributed by atoms with Gasteiger partial charge in [-0.3, -0.25) is 4.68 Å². The van der Waals surface area contributed by atoms with Gasteiger partial charge in [0.25, 0.3) is 0 Å². The molecule has 25 heavy (non-hydrogen) atoms. The van der Waals surface area contributed by atoms with E-state index in [1.54, 1.807) is 4.68 Å². The van der Waals surface area contributed by atoms with Gasteiger partial charge in [0.05, 0.1) is 11.6 Å². The summed E-state index contributed by atoms with van der Waals surface area (Å²) in [6.45, 7) is 4.07. The topological polar surface area (TPSA) is 58.9 Å². The van der Waals surface area contributed by atoms with Crippen molar-refractivity contribution in [2.24, 2.45) is 7.05 Å². The lowest BCUT2D eigenvalue weighted by Gasteiger charge is -2.28. The van der Waals surface area contributed by atoms with Gasteiger partial charge in [0.1, 0.15) is 5.82 Å². The molecule has 1 fully saturated rings. The minimum absolute atomic E-state index is 0.585. The van der Waals surface area contributed by atoms with Gasteiger partial charge in [-0.15, -0.1) is 0 Å². The monoisotopic (exact) mass is 356 g/mol. The van der Waals surface area contributed by atoms with Crippen LogP contribution in [0.2, 0.25) is 5.02 Å². The minimum atomic E-state index is 0.585. The molecule has 0 atom stereocenters. The number of rotatable bonds is 3. The maximum Gasteiger partial charge on any atom is 0.231 e. The molecule has 1 saturated heterocycles. The van der Waals surface area contributed by atoms with Crippen LogP contribution in [0.25, 0.3) is 11.0 Å². The Kier molecular flexibility index (Phi) is 4.21. The molecule has 1 aromatic carbocycles. The molecule has 1 aliphatic heterocycles. The second kappa shape index (κ2) is 6.52. The Balaban J connectivity index is 1.77. The lowest BCUT2D eigenvalue weighted by molar-refractivity contribution is 0.575. The van der Waals surface area contributed by atoms with Crippen LogP contribution in [-0.2, 0) is 7.05 Å². The molecule has 130 valence electrons. The molecule has 1 N–H and O–H groups in total. The number of hydrogen-bond acceptors (Lipinski definition) is 5. The van der Waals surface area contributed by atoms with Crippen LogP contribution in [0.15, 0.2) is 24.4 Å². The van der Waals surface area contributed by atoms with Crippen LogP contribution in [0.1, 0.15) is 24.8 Å². The maximum atomic E-state index is 6.05. The fourth-order valence-corrected chi connectivity index (χ4v) is 3.52. The lowest BCUT2D eigenvalue weighted by atomic mass is 10.1. The van der Waals surface area contributed by atoms with Crippen molar-refractivity contribution in [1.82, 2.24) is 19.7 Å². The van der Waals surface area contributed by atoms with Gasteiger partial charge in [0.2, 0.25) is 5.95 Å². The Labute approximate surface area is 151 Å². The summed E-state index contributed by atoms with van der Waals surface area (Å²) in [7, 11) is 1.91. The smallest absolute Gasteiger partial charge is 0.231 e. The van der Waals surface area contributed by atoms with E-state index in [0.717, 1.165) is 46.2 Å². The van der Waals surface area contributed by atoms with Crippen molar-refractivity contribution in [1.29, 1.82) is 0 Å². The van der Waals surface area contributed by atoms with Crippen LogP contribution < -0.4 is 10.2 Å². The molecule has 0 bridgehead atoms. The van der Waals surface area contributed by atoms with Crippen molar-refractivity contribution in [3.63, 3.8) is 0 Å². The molecule has 0 radical (unpaired) electrons. The van der Waals surface area contributed by atoms with E-state index in [9.17, 15) is 0 Å². The van der Waals surface area contributed by atoms with Crippen LogP contribution in [0.4, 0.5) is 17.5 Å². The molecule has 3 heterocycles. The number of nitrogens with one attached hydrogen (secondary N) is 1. The molecular formula is C18H21ClN6. The Hall–Kier alpha value is -2.34. The van der Waals surface area contributed by atoms with E-state index in [-0.39, 0.29) is 0 Å². The first kappa shape index (κ1) is 16.1. The van der Waals surface area contributed by atoms with Gasteiger partial charge in [-0.2, -0.15) is 15.1 Å². The van der Waals surface area contributed by atoms with E-state index in [2.05, 4.69) is 20.3 Å². The number of halogens is 1. The molecule has 7 heteroatoms. The maximum absolute atomic E-state index is 6.05. The van der Waals surface area contributed by atoms with Gasteiger partial charge in [-0.1, -0.05) is 11.6 Å². The molecule has 4 rings (SSSR count). The number of nitrogens with zero attached hydrogens (tertiary/aromatic N) is 5. The third-order valence-electron chi connectivity index (χ3n) is 4.66. The average molecular weight is 357 g/mol. The number of hydrogen-bond donors (Lipinski definition) is 1. The molecular weight excluding hydrogens is 336 g/mol. The highest BCUT2D eigenvalue weighted by Crippen LogP contribution is 2.29. The zero-order valence-electron chi connectivity index (χ0n) is 14.5. The van der Waals surface area contributed by atoms with Crippen molar-refractivity contribution < 1.29 is 0 Å². The largest absolute Gasteiger partial charge is 0.356 e. The van der Waals surface area contributed by atoms with Crippen LogP contribution in [0, 0.1) is 6.92 Å². The SMILES string of the molecule is Cc1cc(Cl)ccc1Nc1nc(N2CCCCC2)c2cnn(C)c2n1. The Morgan fingerprint density at radius 2 is 1.92 bits per heavy atom. The van der Waals surface area contributed by atoms with E-state index >= 15 is 0 Å². The van der Waals surface area contributed by atoms with Gasteiger partial charge in [0, 0.05) is 30.8 Å². The van der Waals surface area contributed by atoms with Crippen molar-refractivity contribution in [3.05, 3.63) is 35.0 Å². The summed E-state index contributed by atoms with van der Waals surface area (Å²) >= 11 is 6.05. The van der Waals surface area contributed by atoms with Gasteiger partial charge in [-0.05, 0) is 49.9 Å². The molecule has 2 aromatic heterocycles. The number of benzene rings is 1. The van der Waals surface area contributed by atoms with Gasteiger partial charge in [-0.25, -0.2) is 0 Å². The fraction of sp³-hybridized carbons (Fsp3) is 0.389. The van der Waals surface area contributed by atoms with E-state index in [0.29, 0.717) is 5.95 Å². The van der Waals surface area contributed by atoms with E-state index in [1.807, 2.05) is 38.4 Å². The number of anilines is 3. The van der Waals surface area contributed by atoms with Crippen molar-refractivity contribution in [3.8, 4) is 0 Å². The van der Waals surface area contributed by atoms with Gasteiger partial charge >= 0.3 is 0 Å². The highest BCUT2D eigenvalue weighted by atomic mass is 35.5. The average Bonchev–Trinajstić information content (AvgIpc) is 2.99. The quantitative estimate of drug-likeness (QED) is 0.766. The zero-order chi connectivity index (χ0) is 17.4. The Bertz CT molecular complexity index is 913. The van der Waals surface area contributed by atoms with Crippen LogP contribution in [0.5, 0.6) is 0 Å². The third kappa shape index (κ3) is 3.14. The van der Waals surface area contributed by atoms with E-state index in [4.69, 9.17) is 16.6 Å². The standard InChI is InChI=1S/C18H21ClN6/c1-12-10-13(19)6-7-15(12)21-18-22-16-14(11-20-24(16)2)17(23-18)25-8-4-3-5-9-25/h6-7,10-11H,3-5,8-9H2,1-2H3,(H,21,22,23). The summed E-state index contributed by atoms with van der Waals surface area (Å²) in [6, 6.07) is 5.75. The molecule has 0 saturated carbocycles. The third-order valence-corrected chi connectivity index (χ3v) is 4.90. The summed E-state index contributed by atoms with van der Waals surface area (Å²) in [5.41, 5.74) is 2.85. The first-order chi connectivity index (χ1) is 12.1. The summed E-state index contributed by atoms with van der Waals surface area (Å²) in [5.74, 6) is 1.55. The number of piperidine rings is 1. The highest BCUT2D eigenvalue weighted by molar-refractivity contribution is 6.30. The van der Waals surface area contributed by atoms with Crippen molar-refractivity contribution >= 4 is 40.1 Å². The Morgan fingerprint density at radius 1 is 1.12 bits per heavy atom. The van der Waals surface area contributed by atoms with Gasteiger partial charge < -0.3 is 10.2 Å². The number of aryl methyl sites for hydroxylation is 2. The molecule has 0 amide bonds. The number of aromatic nitrogens is 4. The second-order valence-electron chi connectivity index (χ2n) is 6.51. The molecule has 0 unspecified atom stereocenters. The van der Waals surface area contributed by atoms with Crippen LogP contribution in [-0.4, -0.2) is 32.8 Å². The molecule has 6 nitrogen and oxygen atoms in total. The minimum Gasteiger partial charge on any atom is -0.356 e. The lowest BCUT2D eigenvalue weighted by Crippen LogP contribution is -2.30. The normalized spacial score (nSPS) is 14.9. The summed E-state index contributed by atoms with van der Waals surface area (Å²) in [4.78, 5) is 11.8. The molecule has 0 aliphatic carbocycles. The second-order valence-corrected chi connectivity index (χ2v) is 6.94. The highest BCUT2D eigenvalue weighted by Gasteiger charge is 2.19. The summed E-state index contributed by atoms with van der Waals surface area (Å²) < 4.78 is 1.80. The van der Waals surface area contributed by atoms with Crippen LogP contribution in [0.3, 0.4) is 0 Å². The first-order valence-corrected chi connectivity index (χ1v) is 8.97. The molecule has 1 aliphatic rings. The molecule has 3 aromatic rings. The summed E-state index contributed by atoms with van der Waals surface area (Å²) in [6.07, 6.45) is 5.54. The van der Waals surface area contributed by atoms with Gasteiger partial charge in [0.15, 0.2) is 5.65 Å². The Morgan fingerprint density at radius 3 is 2.68 bits per heavy atom. The zero-order valence-corrected chi connectivity index (χ0v) is 15.2. The number of fused-ring (bicyclic) bond motifs is 1. The summed E-state index contributed by atoms with van der Waals surface area (Å²) in [5, 5.41) is 9.44. The van der Waals surface area contributed by atoms with Crippen molar-refractivity contribution in [2.75, 3.05) is 23.3 Å². The van der Waals surface area contributed by atoms with E-state index in [1.165, 1.54) is 19.3 Å². The predicted molar refractivity (Wildman–Crippen MR) is 102 cm³/mol. The first-order valence-electron chi connectivity index (χ1n) is 8.60. The predicted octanol–water partition coefficient (Wildman–Crippen LogP) is 4.06. The van der Waals surface area contributed by atoms with E-state index < -0.39 is 0 Å². The van der Waals surface area contributed by atoms with Crippen molar-refractivity contribution in [2.45, 2.75) is 26.2 Å².